The minimum absolute atomic E-state index is 0.0484. The van der Waals surface area contributed by atoms with Crippen LogP contribution in [-0.2, 0) is 9.53 Å². The molecule has 4 fully saturated rings. The molecule has 5 rings (SSSR count). The van der Waals surface area contributed by atoms with E-state index in [-0.39, 0.29) is 28.3 Å². The number of aliphatic hydroxyl groups excluding tert-OH is 1. The van der Waals surface area contributed by atoms with E-state index in [1.165, 1.54) is 12.8 Å². The topological polar surface area (TPSA) is 46.5 Å². The van der Waals surface area contributed by atoms with E-state index in [9.17, 15) is 9.90 Å². The zero-order chi connectivity index (χ0) is 24.0. The van der Waals surface area contributed by atoms with E-state index < -0.39 is 0 Å². The molecule has 5 aliphatic carbocycles. The Kier molecular flexibility index (Phi) is 5.49. The maximum atomic E-state index is 13.3. The Labute approximate surface area is 202 Å². The third kappa shape index (κ3) is 2.87. The van der Waals surface area contributed by atoms with Gasteiger partial charge in [-0.2, -0.15) is 0 Å². The summed E-state index contributed by atoms with van der Waals surface area (Å²) < 4.78 is 5.50. The molecule has 0 saturated heterocycles. The molecule has 5 aliphatic rings. The molecule has 11 atom stereocenters. The lowest BCUT2D eigenvalue weighted by Crippen LogP contribution is -2.64. The summed E-state index contributed by atoms with van der Waals surface area (Å²) in [5.41, 5.74) is 2.01. The third-order valence-electron chi connectivity index (χ3n) is 13.1. The number of fused-ring (bicyclic) bond motifs is 7. The molecule has 0 heterocycles. The monoisotopic (exact) mass is 456 g/mol. The lowest BCUT2D eigenvalue weighted by Gasteiger charge is -2.70. The van der Waals surface area contributed by atoms with Crippen molar-refractivity contribution in [1.29, 1.82) is 0 Å². The second-order valence-electron chi connectivity index (χ2n) is 13.8. The van der Waals surface area contributed by atoms with Crippen molar-refractivity contribution in [2.45, 2.75) is 105 Å². The molecule has 0 aromatic heterocycles. The van der Waals surface area contributed by atoms with E-state index in [1.807, 2.05) is 0 Å². The predicted octanol–water partition coefficient (Wildman–Crippen LogP) is 6.79. The van der Waals surface area contributed by atoms with Crippen molar-refractivity contribution >= 4 is 5.97 Å². The van der Waals surface area contributed by atoms with Gasteiger partial charge in [0.1, 0.15) is 0 Å². The van der Waals surface area contributed by atoms with Crippen LogP contribution in [-0.4, -0.2) is 24.3 Å². The summed E-state index contributed by atoms with van der Waals surface area (Å²) in [4.78, 5) is 13.3. The molecule has 0 aromatic carbocycles. The Morgan fingerprint density at radius 2 is 1.70 bits per heavy atom. The smallest absolute Gasteiger partial charge is 0.312 e. The summed E-state index contributed by atoms with van der Waals surface area (Å²) in [6.45, 7) is 14.9. The highest BCUT2D eigenvalue weighted by atomic mass is 16.5. The van der Waals surface area contributed by atoms with Gasteiger partial charge in [-0.3, -0.25) is 4.79 Å². The fourth-order valence-electron chi connectivity index (χ4n) is 10.7. The number of carbonyl (C=O) groups excluding carboxylic acids is 1. The molecule has 3 heteroatoms. The fraction of sp³-hybridized carbons (Fsp3) is 0.900. The molecule has 186 valence electrons. The maximum Gasteiger partial charge on any atom is 0.312 e. The SMILES string of the molecule is COC(=O)[C@]12CC[C@@H](C)[C@H](C)[C@H]1C1=CC[C@@H]3[C@@]4(C)CC[C@H](O)[C@@H](C)[C@@H]4CC[C@@]3(C)[C@]1(C)CC2. The van der Waals surface area contributed by atoms with Crippen molar-refractivity contribution in [2.24, 2.45) is 57.2 Å². The highest BCUT2D eigenvalue weighted by Crippen LogP contribution is 2.74. The summed E-state index contributed by atoms with van der Waals surface area (Å²) in [5.74, 6) is 3.23. The Bertz CT molecular complexity index is 847. The van der Waals surface area contributed by atoms with Gasteiger partial charge in [0.15, 0.2) is 0 Å². The first kappa shape index (κ1) is 23.9. The zero-order valence-corrected chi connectivity index (χ0v) is 22.2. The molecular weight excluding hydrogens is 408 g/mol. The number of carbonyl (C=O) groups is 1. The standard InChI is InChI=1S/C30H48O3/c1-18-10-15-30(26(32)33-7)17-16-28(5)22(25(30)19(18)2)8-9-24-27(4)13-12-23(31)20(3)21(27)11-14-29(24,28)6/h8,18-21,23-25,31H,9-17H2,1-7H3/t18-,19+,20+,21+,23+,24-,25+,27+,28-,29-,30+/m1/s1. The molecule has 0 aliphatic heterocycles. The van der Waals surface area contributed by atoms with Gasteiger partial charge in [0, 0.05) is 0 Å². The van der Waals surface area contributed by atoms with Crippen molar-refractivity contribution in [2.75, 3.05) is 7.11 Å². The summed E-state index contributed by atoms with van der Waals surface area (Å²) in [7, 11) is 1.60. The quantitative estimate of drug-likeness (QED) is 0.349. The molecule has 0 spiro atoms. The Morgan fingerprint density at radius 1 is 0.970 bits per heavy atom. The van der Waals surface area contributed by atoms with Crippen LogP contribution in [0.5, 0.6) is 0 Å². The lowest BCUT2D eigenvalue weighted by atomic mass is 9.34. The van der Waals surface area contributed by atoms with Gasteiger partial charge in [-0.05, 0) is 110 Å². The summed E-state index contributed by atoms with van der Waals surface area (Å²) in [6, 6.07) is 0. The van der Waals surface area contributed by atoms with Crippen molar-refractivity contribution in [3.05, 3.63) is 11.6 Å². The normalized spacial score (nSPS) is 55.9. The Hall–Kier alpha value is -0.830. The van der Waals surface area contributed by atoms with E-state index in [0.29, 0.717) is 40.9 Å². The Morgan fingerprint density at radius 3 is 2.39 bits per heavy atom. The molecule has 33 heavy (non-hydrogen) atoms. The van der Waals surface area contributed by atoms with Crippen LogP contribution in [0.3, 0.4) is 0 Å². The number of esters is 1. The van der Waals surface area contributed by atoms with Crippen molar-refractivity contribution in [3.63, 3.8) is 0 Å². The first-order valence-corrected chi connectivity index (χ1v) is 13.9. The number of hydrogen-bond donors (Lipinski definition) is 1. The van der Waals surface area contributed by atoms with Crippen LogP contribution >= 0.6 is 0 Å². The van der Waals surface area contributed by atoms with E-state index in [4.69, 9.17) is 4.74 Å². The van der Waals surface area contributed by atoms with Crippen molar-refractivity contribution in [3.8, 4) is 0 Å². The predicted molar refractivity (Wildman–Crippen MR) is 132 cm³/mol. The molecule has 3 nitrogen and oxygen atoms in total. The van der Waals surface area contributed by atoms with Crippen LogP contribution in [0.25, 0.3) is 0 Å². The van der Waals surface area contributed by atoms with Crippen molar-refractivity contribution < 1.29 is 14.6 Å². The first-order valence-electron chi connectivity index (χ1n) is 13.9. The van der Waals surface area contributed by atoms with Gasteiger partial charge in [-0.15, -0.1) is 0 Å². The molecule has 0 amide bonds. The van der Waals surface area contributed by atoms with Gasteiger partial charge in [0.2, 0.25) is 0 Å². The van der Waals surface area contributed by atoms with E-state index in [0.717, 1.165) is 44.9 Å². The number of ether oxygens (including phenoxy) is 1. The summed E-state index contributed by atoms with van der Waals surface area (Å²) in [5, 5.41) is 10.7. The van der Waals surface area contributed by atoms with Gasteiger partial charge >= 0.3 is 5.97 Å². The summed E-state index contributed by atoms with van der Waals surface area (Å²) >= 11 is 0. The van der Waals surface area contributed by atoms with Crippen LogP contribution < -0.4 is 0 Å². The van der Waals surface area contributed by atoms with Crippen LogP contribution in [0.2, 0.25) is 0 Å². The molecule has 0 bridgehead atoms. The first-order chi connectivity index (χ1) is 15.5. The van der Waals surface area contributed by atoms with E-state index >= 15 is 0 Å². The van der Waals surface area contributed by atoms with Crippen LogP contribution in [0, 0.1) is 57.2 Å². The molecule has 0 radical (unpaired) electrons. The second-order valence-corrected chi connectivity index (χ2v) is 13.8. The van der Waals surface area contributed by atoms with Gasteiger partial charge in [0.25, 0.3) is 0 Å². The molecule has 0 aromatic rings. The largest absolute Gasteiger partial charge is 0.469 e. The lowest BCUT2D eigenvalue weighted by molar-refractivity contribution is -0.190. The van der Waals surface area contributed by atoms with Crippen LogP contribution in [0.15, 0.2) is 11.6 Å². The number of aliphatic hydroxyl groups is 1. The van der Waals surface area contributed by atoms with Crippen LogP contribution in [0.4, 0.5) is 0 Å². The van der Waals surface area contributed by atoms with Gasteiger partial charge in [-0.25, -0.2) is 0 Å². The minimum atomic E-state index is -0.320. The van der Waals surface area contributed by atoms with Gasteiger partial charge in [-0.1, -0.05) is 53.2 Å². The zero-order valence-electron chi connectivity index (χ0n) is 22.2. The number of rotatable bonds is 1. The molecule has 1 N–H and O–H groups in total. The fourth-order valence-corrected chi connectivity index (χ4v) is 10.7. The number of allylic oxidation sites excluding steroid dienone is 2. The van der Waals surface area contributed by atoms with Crippen molar-refractivity contribution in [1.82, 2.24) is 0 Å². The van der Waals surface area contributed by atoms with Gasteiger partial charge < -0.3 is 9.84 Å². The maximum absolute atomic E-state index is 13.3. The number of hydrogen-bond acceptors (Lipinski definition) is 3. The second kappa shape index (κ2) is 7.58. The highest BCUT2D eigenvalue weighted by Gasteiger charge is 2.68. The van der Waals surface area contributed by atoms with E-state index in [1.54, 1.807) is 12.7 Å². The molecule has 0 unspecified atom stereocenters. The molecule has 4 saturated carbocycles. The van der Waals surface area contributed by atoms with Crippen LogP contribution in [0.1, 0.15) is 99.3 Å². The average Bonchev–Trinajstić information content (AvgIpc) is 2.79. The van der Waals surface area contributed by atoms with Gasteiger partial charge in [0.05, 0.1) is 18.6 Å². The minimum Gasteiger partial charge on any atom is -0.469 e. The third-order valence-corrected chi connectivity index (χ3v) is 13.1. The number of methoxy groups -OCH3 is 1. The average molecular weight is 457 g/mol. The molecular formula is C30H48O3. The van der Waals surface area contributed by atoms with E-state index in [2.05, 4.69) is 47.6 Å². The summed E-state index contributed by atoms with van der Waals surface area (Å²) in [6.07, 6.45) is 12.5. The Balaban J connectivity index is 1.60. The highest BCUT2D eigenvalue weighted by molar-refractivity contribution is 5.78.